The molecule has 174 valence electrons. The molecule has 2 fully saturated rings. The van der Waals surface area contributed by atoms with Crippen LogP contribution in [0, 0.1) is 0 Å². The number of aromatic amines is 1. The van der Waals surface area contributed by atoms with Crippen molar-refractivity contribution in [3.63, 3.8) is 0 Å². The largest absolute Gasteiger partial charge is 0.433 e. The van der Waals surface area contributed by atoms with Crippen molar-refractivity contribution in [2.45, 2.75) is 62.7 Å². The Kier molecular flexibility index (Phi) is 5.68. The van der Waals surface area contributed by atoms with Crippen molar-refractivity contribution < 1.29 is 18.0 Å². The molecule has 0 bridgehead atoms. The minimum atomic E-state index is -4.56. The van der Waals surface area contributed by atoms with E-state index in [-0.39, 0.29) is 23.5 Å². The molecule has 2 saturated carbocycles. The van der Waals surface area contributed by atoms with Crippen molar-refractivity contribution in [1.29, 1.82) is 0 Å². The van der Waals surface area contributed by atoms with Crippen LogP contribution in [0.5, 0.6) is 0 Å². The summed E-state index contributed by atoms with van der Waals surface area (Å²) in [4.78, 5) is 16.6. The highest BCUT2D eigenvalue weighted by Gasteiger charge is 2.34. The second kappa shape index (κ2) is 8.52. The van der Waals surface area contributed by atoms with Gasteiger partial charge in [-0.15, -0.1) is 0 Å². The SMILES string of the molecule is O=C(N[C@@H]1CCC[C@H](Nc2cc(C(F)(F)F)nc3ccc(Cl)cc23)C1)c1cn[nH]c1C1CC1. The molecule has 1 amide bonds. The van der Waals surface area contributed by atoms with Crippen molar-refractivity contribution in [2.24, 2.45) is 0 Å². The van der Waals surface area contributed by atoms with Crippen LogP contribution in [0.1, 0.15) is 66.2 Å². The lowest BCUT2D eigenvalue weighted by atomic mass is 9.90. The highest BCUT2D eigenvalue weighted by molar-refractivity contribution is 6.31. The number of benzene rings is 1. The van der Waals surface area contributed by atoms with E-state index in [0.717, 1.165) is 43.9 Å². The number of amides is 1. The molecular weight excluding hydrogens is 455 g/mol. The number of pyridine rings is 1. The Hall–Kier alpha value is -2.81. The van der Waals surface area contributed by atoms with Gasteiger partial charge in [0.15, 0.2) is 0 Å². The molecule has 1 aromatic carbocycles. The van der Waals surface area contributed by atoms with Crippen molar-refractivity contribution in [1.82, 2.24) is 20.5 Å². The van der Waals surface area contributed by atoms with Gasteiger partial charge in [-0.2, -0.15) is 18.3 Å². The van der Waals surface area contributed by atoms with E-state index in [2.05, 4.69) is 25.8 Å². The Morgan fingerprint density at radius 3 is 2.67 bits per heavy atom. The Balaban J connectivity index is 1.33. The molecule has 0 unspecified atom stereocenters. The molecule has 5 rings (SSSR count). The smallest absolute Gasteiger partial charge is 0.382 e. The van der Waals surface area contributed by atoms with Crippen LogP contribution in [0.2, 0.25) is 5.02 Å². The number of hydrogen-bond donors (Lipinski definition) is 3. The third-order valence-electron chi connectivity index (χ3n) is 6.33. The number of H-pyrrole nitrogens is 1. The fourth-order valence-corrected chi connectivity index (χ4v) is 4.73. The average molecular weight is 478 g/mol. The van der Waals surface area contributed by atoms with Crippen LogP contribution in [-0.2, 0) is 6.18 Å². The van der Waals surface area contributed by atoms with E-state index in [4.69, 9.17) is 11.6 Å². The minimum Gasteiger partial charge on any atom is -0.382 e. The third-order valence-corrected chi connectivity index (χ3v) is 6.56. The maximum absolute atomic E-state index is 13.4. The number of fused-ring (bicyclic) bond motifs is 1. The number of anilines is 1. The molecule has 2 aliphatic rings. The van der Waals surface area contributed by atoms with E-state index < -0.39 is 11.9 Å². The second-order valence-corrected chi connectivity index (χ2v) is 9.30. The van der Waals surface area contributed by atoms with Crippen molar-refractivity contribution in [3.8, 4) is 0 Å². The van der Waals surface area contributed by atoms with Crippen LogP contribution in [0.4, 0.5) is 18.9 Å². The Morgan fingerprint density at radius 1 is 1.12 bits per heavy atom. The van der Waals surface area contributed by atoms with Gasteiger partial charge in [0, 0.05) is 34.1 Å². The maximum atomic E-state index is 13.4. The molecule has 2 heterocycles. The molecule has 3 aromatic rings. The lowest BCUT2D eigenvalue weighted by Crippen LogP contribution is -2.42. The first-order chi connectivity index (χ1) is 15.8. The highest BCUT2D eigenvalue weighted by atomic mass is 35.5. The van der Waals surface area contributed by atoms with E-state index >= 15 is 0 Å². The number of carbonyl (C=O) groups is 1. The molecule has 2 aliphatic carbocycles. The average Bonchev–Trinajstić information content (AvgIpc) is 3.49. The van der Waals surface area contributed by atoms with Gasteiger partial charge >= 0.3 is 6.18 Å². The predicted molar refractivity (Wildman–Crippen MR) is 119 cm³/mol. The summed E-state index contributed by atoms with van der Waals surface area (Å²) >= 11 is 6.10. The van der Waals surface area contributed by atoms with Gasteiger partial charge in [0.1, 0.15) is 5.69 Å². The lowest BCUT2D eigenvalue weighted by Gasteiger charge is -2.31. The summed E-state index contributed by atoms with van der Waals surface area (Å²) in [5.41, 5.74) is 1.09. The van der Waals surface area contributed by atoms with Gasteiger partial charge in [0.25, 0.3) is 5.91 Å². The Labute approximate surface area is 193 Å². The van der Waals surface area contributed by atoms with E-state index in [9.17, 15) is 18.0 Å². The van der Waals surface area contributed by atoms with Gasteiger partial charge in [-0.1, -0.05) is 11.6 Å². The summed E-state index contributed by atoms with van der Waals surface area (Å²) < 4.78 is 40.2. The van der Waals surface area contributed by atoms with Crippen LogP contribution >= 0.6 is 11.6 Å². The van der Waals surface area contributed by atoms with Gasteiger partial charge < -0.3 is 10.6 Å². The summed E-state index contributed by atoms with van der Waals surface area (Å²) in [5, 5.41) is 14.3. The van der Waals surface area contributed by atoms with E-state index in [1.807, 2.05) is 0 Å². The summed E-state index contributed by atoms with van der Waals surface area (Å²) in [5.74, 6) is 0.223. The molecule has 2 atom stereocenters. The van der Waals surface area contributed by atoms with Gasteiger partial charge in [-0.25, -0.2) is 4.98 Å². The first kappa shape index (κ1) is 22.0. The van der Waals surface area contributed by atoms with Crippen molar-refractivity contribution in [2.75, 3.05) is 5.32 Å². The summed E-state index contributed by atoms with van der Waals surface area (Å²) in [6.45, 7) is 0. The fourth-order valence-electron chi connectivity index (χ4n) is 4.56. The minimum absolute atomic E-state index is 0.0792. The second-order valence-electron chi connectivity index (χ2n) is 8.86. The van der Waals surface area contributed by atoms with Crippen LogP contribution in [-0.4, -0.2) is 33.2 Å². The van der Waals surface area contributed by atoms with E-state index in [1.165, 1.54) is 12.1 Å². The Morgan fingerprint density at radius 2 is 1.91 bits per heavy atom. The molecular formula is C23H23ClF3N5O. The molecule has 33 heavy (non-hydrogen) atoms. The fraction of sp³-hybridized carbons (Fsp3) is 0.435. The number of halogens is 4. The quantitative estimate of drug-likeness (QED) is 0.443. The molecule has 0 saturated heterocycles. The monoisotopic (exact) mass is 477 g/mol. The van der Waals surface area contributed by atoms with Crippen molar-refractivity contribution >= 4 is 34.1 Å². The van der Waals surface area contributed by atoms with Gasteiger partial charge in [0.05, 0.1) is 23.0 Å². The number of alkyl halides is 3. The van der Waals surface area contributed by atoms with Crippen LogP contribution < -0.4 is 10.6 Å². The zero-order valence-corrected chi connectivity index (χ0v) is 18.4. The first-order valence-corrected chi connectivity index (χ1v) is 11.4. The molecule has 0 aliphatic heterocycles. The topological polar surface area (TPSA) is 82.7 Å². The standard InChI is InChI=1S/C23H23ClF3N5O/c24-13-6-7-18-16(8-13)19(10-20(31-18)23(25,26)27)29-14-2-1-3-15(9-14)30-22(33)17-11-28-32-21(17)12-4-5-12/h6-8,10-12,14-15H,1-5,9H2,(H,28,32)(H,29,31)(H,30,33)/t14-,15+/m0/s1. The number of rotatable bonds is 5. The summed E-state index contributed by atoms with van der Waals surface area (Å²) in [6, 6.07) is 5.50. The maximum Gasteiger partial charge on any atom is 0.433 e. The molecule has 3 N–H and O–H groups in total. The summed E-state index contributed by atoms with van der Waals surface area (Å²) in [6.07, 6.45) is 2.18. The van der Waals surface area contributed by atoms with Crippen molar-refractivity contribution in [3.05, 3.63) is 52.4 Å². The number of nitrogens with zero attached hydrogens (tertiary/aromatic N) is 2. The number of nitrogens with one attached hydrogen (secondary N) is 3. The van der Waals surface area contributed by atoms with Crippen LogP contribution in [0.25, 0.3) is 10.9 Å². The van der Waals surface area contributed by atoms with E-state index in [0.29, 0.717) is 34.0 Å². The molecule has 0 spiro atoms. The van der Waals surface area contributed by atoms with Crippen LogP contribution in [0.15, 0.2) is 30.5 Å². The van der Waals surface area contributed by atoms with E-state index in [1.54, 1.807) is 12.3 Å². The predicted octanol–water partition coefficient (Wildman–Crippen LogP) is 5.66. The number of aromatic nitrogens is 3. The lowest BCUT2D eigenvalue weighted by molar-refractivity contribution is -0.140. The summed E-state index contributed by atoms with van der Waals surface area (Å²) in [7, 11) is 0. The molecule has 2 aromatic heterocycles. The first-order valence-electron chi connectivity index (χ1n) is 11.1. The van der Waals surface area contributed by atoms with Crippen LogP contribution in [0.3, 0.4) is 0 Å². The normalized spacial score (nSPS) is 21.2. The Bertz CT molecular complexity index is 1190. The molecule has 0 radical (unpaired) electrons. The third kappa shape index (κ3) is 4.78. The number of carbonyl (C=O) groups excluding carboxylic acids is 1. The number of hydrogen-bond acceptors (Lipinski definition) is 4. The molecule has 6 nitrogen and oxygen atoms in total. The highest BCUT2D eigenvalue weighted by Crippen LogP contribution is 2.40. The van der Waals surface area contributed by atoms with Gasteiger partial charge in [0.2, 0.25) is 0 Å². The van der Waals surface area contributed by atoms with Gasteiger partial charge in [-0.05, 0) is 62.8 Å². The molecule has 10 heteroatoms. The zero-order valence-electron chi connectivity index (χ0n) is 17.7. The van der Waals surface area contributed by atoms with Gasteiger partial charge in [-0.3, -0.25) is 9.89 Å². The zero-order chi connectivity index (χ0) is 23.2.